The molecule has 1 amide bonds. The van der Waals surface area contributed by atoms with Gasteiger partial charge in [0.1, 0.15) is 0 Å². The van der Waals surface area contributed by atoms with Crippen LogP contribution >= 0.6 is 0 Å². The van der Waals surface area contributed by atoms with Crippen molar-refractivity contribution in [3.05, 3.63) is 35.4 Å². The van der Waals surface area contributed by atoms with Gasteiger partial charge in [0, 0.05) is 19.0 Å². The van der Waals surface area contributed by atoms with Gasteiger partial charge in [-0.25, -0.2) is 4.79 Å². The van der Waals surface area contributed by atoms with Crippen LogP contribution in [0.5, 0.6) is 0 Å². The minimum absolute atomic E-state index is 0.300. The number of rotatable bonds is 4. The molecule has 1 N–H and O–H groups in total. The van der Waals surface area contributed by atoms with Crippen LogP contribution in [-0.4, -0.2) is 35.0 Å². The summed E-state index contributed by atoms with van der Waals surface area (Å²) in [5.41, 5.74) is 1.32. The number of amides is 1. The third kappa shape index (κ3) is 3.26. The van der Waals surface area contributed by atoms with E-state index >= 15 is 0 Å². The maximum atomic E-state index is 12.0. The van der Waals surface area contributed by atoms with Crippen LogP contribution in [0, 0.1) is 11.8 Å². The molecular weight excluding hydrogens is 266 g/mol. The molecule has 3 rings (SSSR count). The van der Waals surface area contributed by atoms with Crippen LogP contribution in [0.1, 0.15) is 41.6 Å². The Morgan fingerprint density at radius 2 is 1.76 bits per heavy atom. The van der Waals surface area contributed by atoms with E-state index in [2.05, 4.69) is 0 Å². The first-order valence-electron chi connectivity index (χ1n) is 7.75. The van der Waals surface area contributed by atoms with E-state index in [4.69, 9.17) is 0 Å². The average molecular weight is 287 g/mol. The van der Waals surface area contributed by atoms with Gasteiger partial charge in [0.15, 0.2) is 0 Å². The highest BCUT2D eigenvalue weighted by atomic mass is 16.4. The predicted molar refractivity (Wildman–Crippen MR) is 79.1 cm³/mol. The summed E-state index contributed by atoms with van der Waals surface area (Å²) in [6.45, 7) is 1.66. The van der Waals surface area contributed by atoms with Crippen molar-refractivity contribution in [3.63, 3.8) is 0 Å². The lowest BCUT2D eigenvalue weighted by atomic mass is 9.88. The smallest absolute Gasteiger partial charge is 0.335 e. The van der Waals surface area contributed by atoms with Gasteiger partial charge in [-0.05, 0) is 49.7 Å². The molecular formula is C17H21NO3. The molecule has 1 aliphatic heterocycles. The van der Waals surface area contributed by atoms with E-state index in [0.29, 0.717) is 23.3 Å². The second-order valence-corrected chi connectivity index (χ2v) is 6.21. The van der Waals surface area contributed by atoms with Crippen LogP contribution < -0.4 is 0 Å². The summed E-state index contributed by atoms with van der Waals surface area (Å²) < 4.78 is 0. The Kier molecular flexibility index (Phi) is 3.95. The SMILES string of the molecule is O=C(O)c1ccccc1CC1CCN(C(=O)C2CC2)CC1. The number of nitrogens with zero attached hydrogens (tertiary/aromatic N) is 1. The van der Waals surface area contributed by atoms with E-state index in [0.717, 1.165) is 50.8 Å². The number of likely N-dealkylation sites (tertiary alicyclic amines) is 1. The van der Waals surface area contributed by atoms with Gasteiger partial charge in [0.25, 0.3) is 0 Å². The Bertz CT molecular complexity index is 543. The van der Waals surface area contributed by atoms with E-state index < -0.39 is 5.97 Å². The van der Waals surface area contributed by atoms with Gasteiger partial charge in [-0.3, -0.25) is 4.79 Å². The molecule has 0 unspecified atom stereocenters. The second-order valence-electron chi connectivity index (χ2n) is 6.21. The average Bonchev–Trinajstić information content (AvgIpc) is 3.32. The molecule has 112 valence electrons. The molecule has 21 heavy (non-hydrogen) atoms. The zero-order chi connectivity index (χ0) is 14.8. The van der Waals surface area contributed by atoms with Crippen molar-refractivity contribution in [1.29, 1.82) is 0 Å². The van der Waals surface area contributed by atoms with Crippen molar-refractivity contribution in [2.24, 2.45) is 11.8 Å². The number of carbonyl (C=O) groups excluding carboxylic acids is 1. The molecule has 2 aliphatic rings. The van der Waals surface area contributed by atoms with Crippen LogP contribution in [-0.2, 0) is 11.2 Å². The molecule has 0 atom stereocenters. The molecule has 1 saturated carbocycles. The Morgan fingerprint density at radius 3 is 2.38 bits per heavy atom. The third-order valence-corrected chi connectivity index (χ3v) is 4.61. The van der Waals surface area contributed by atoms with Gasteiger partial charge in [-0.15, -0.1) is 0 Å². The molecule has 1 aromatic carbocycles. The Balaban J connectivity index is 1.58. The number of carboxylic acids is 1. The maximum Gasteiger partial charge on any atom is 0.335 e. The minimum Gasteiger partial charge on any atom is -0.478 e. The fraction of sp³-hybridized carbons (Fsp3) is 0.529. The number of carbonyl (C=O) groups is 2. The van der Waals surface area contributed by atoms with Gasteiger partial charge in [0.05, 0.1) is 5.56 Å². The first-order chi connectivity index (χ1) is 10.1. The number of hydrogen-bond donors (Lipinski definition) is 1. The number of carboxylic acid groups (broad SMARTS) is 1. The number of hydrogen-bond acceptors (Lipinski definition) is 2. The van der Waals surface area contributed by atoms with Crippen molar-refractivity contribution >= 4 is 11.9 Å². The van der Waals surface area contributed by atoms with E-state index in [-0.39, 0.29) is 0 Å². The summed E-state index contributed by atoms with van der Waals surface area (Å²) in [4.78, 5) is 25.2. The highest BCUT2D eigenvalue weighted by molar-refractivity contribution is 5.89. The quantitative estimate of drug-likeness (QED) is 0.926. The predicted octanol–water partition coefficient (Wildman–Crippen LogP) is 2.58. The van der Waals surface area contributed by atoms with Gasteiger partial charge < -0.3 is 10.0 Å². The first-order valence-corrected chi connectivity index (χ1v) is 7.75. The van der Waals surface area contributed by atoms with Gasteiger partial charge in [-0.1, -0.05) is 18.2 Å². The minimum atomic E-state index is -0.855. The lowest BCUT2D eigenvalue weighted by Gasteiger charge is -2.32. The monoisotopic (exact) mass is 287 g/mol. The lowest BCUT2D eigenvalue weighted by Crippen LogP contribution is -2.39. The van der Waals surface area contributed by atoms with E-state index in [9.17, 15) is 14.7 Å². The molecule has 1 saturated heterocycles. The van der Waals surface area contributed by atoms with Crippen molar-refractivity contribution in [2.45, 2.75) is 32.1 Å². The molecule has 4 heteroatoms. The molecule has 2 fully saturated rings. The Hall–Kier alpha value is -1.84. The zero-order valence-corrected chi connectivity index (χ0v) is 12.1. The van der Waals surface area contributed by atoms with Crippen molar-refractivity contribution in [3.8, 4) is 0 Å². The van der Waals surface area contributed by atoms with Crippen molar-refractivity contribution in [1.82, 2.24) is 4.90 Å². The summed E-state index contributed by atoms with van der Waals surface area (Å²) in [7, 11) is 0. The fourth-order valence-electron chi connectivity index (χ4n) is 3.16. The van der Waals surface area contributed by atoms with Gasteiger partial charge in [0.2, 0.25) is 5.91 Å². The number of piperidine rings is 1. The molecule has 1 aromatic rings. The van der Waals surface area contributed by atoms with Crippen LogP contribution in [0.25, 0.3) is 0 Å². The Morgan fingerprint density at radius 1 is 1.10 bits per heavy atom. The van der Waals surface area contributed by atoms with Gasteiger partial charge >= 0.3 is 5.97 Å². The molecule has 0 aromatic heterocycles. The van der Waals surface area contributed by atoms with Gasteiger partial charge in [-0.2, -0.15) is 0 Å². The van der Waals surface area contributed by atoms with Crippen LogP contribution in [0.3, 0.4) is 0 Å². The zero-order valence-electron chi connectivity index (χ0n) is 12.1. The largest absolute Gasteiger partial charge is 0.478 e. The topological polar surface area (TPSA) is 57.6 Å². The molecule has 1 heterocycles. The fourth-order valence-corrected chi connectivity index (χ4v) is 3.16. The first kappa shape index (κ1) is 14.1. The standard InChI is InChI=1S/C17H21NO3/c19-16(13-5-6-13)18-9-7-12(8-10-18)11-14-3-1-2-4-15(14)17(20)21/h1-4,12-13H,5-11H2,(H,20,21). The summed E-state index contributed by atoms with van der Waals surface area (Å²) in [6.07, 6.45) is 4.88. The molecule has 0 bridgehead atoms. The third-order valence-electron chi connectivity index (χ3n) is 4.61. The van der Waals surface area contributed by atoms with Crippen LogP contribution in [0.2, 0.25) is 0 Å². The molecule has 4 nitrogen and oxygen atoms in total. The highest BCUT2D eigenvalue weighted by Crippen LogP contribution is 2.33. The van der Waals surface area contributed by atoms with Crippen LogP contribution in [0.4, 0.5) is 0 Å². The second kappa shape index (κ2) is 5.88. The molecule has 1 aliphatic carbocycles. The number of benzene rings is 1. The summed E-state index contributed by atoms with van der Waals surface area (Å²) in [5.74, 6) is 0.259. The van der Waals surface area contributed by atoms with Crippen LogP contribution in [0.15, 0.2) is 24.3 Å². The van der Waals surface area contributed by atoms with E-state index in [1.54, 1.807) is 12.1 Å². The normalized spacial score (nSPS) is 19.5. The summed E-state index contributed by atoms with van der Waals surface area (Å²) in [5, 5.41) is 9.23. The summed E-state index contributed by atoms with van der Waals surface area (Å²) in [6, 6.07) is 7.24. The Labute approximate surface area is 124 Å². The summed E-state index contributed by atoms with van der Waals surface area (Å²) >= 11 is 0. The number of aromatic carboxylic acids is 1. The van der Waals surface area contributed by atoms with E-state index in [1.165, 1.54) is 0 Å². The maximum absolute atomic E-state index is 12.0. The van der Waals surface area contributed by atoms with E-state index in [1.807, 2.05) is 17.0 Å². The molecule has 0 spiro atoms. The highest BCUT2D eigenvalue weighted by Gasteiger charge is 2.34. The lowest BCUT2D eigenvalue weighted by molar-refractivity contribution is -0.133. The van der Waals surface area contributed by atoms with Crippen molar-refractivity contribution in [2.75, 3.05) is 13.1 Å². The van der Waals surface area contributed by atoms with Crippen molar-refractivity contribution < 1.29 is 14.7 Å². The molecule has 0 radical (unpaired) electrons.